The summed E-state index contributed by atoms with van der Waals surface area (Å²) in [6.45, 7) is 0.656. The van der Waals surface area contributed by atoms with Crippen molar-refractivity contribution in [3.8, 4) is 22.9 Å². The molecule has 0 amide bonds. The predicted octanol–water partition coefficient (Wildman–Crippen LogP) is 3.89. The second-order valence-electron chi connectivity index (χ2n) is 6.67. The third-order valence-electron chi connectivity index (χ3n) is 4.49. The van der Waals surface area contributed by atoms with E-state index in [-0.39, 0.29) is 0 Å². The molecule has 0 fully saturated rings. The summed E-state index contributed by atoms with van der Waals surface area (Å²) in [6, 6.07) is 15.1. The first kappa shape index (κ1) is 21.2. The van der Waals surface area contributed by atoms with Crippen LogP contribution in [0.2, 0.25) is 0 Å². The van der Waals surface area contributed by atoms with E-state index in [1.165, 1.54) is 0 Å². The van der Waals surface area contributed by atoms with Gasteiger partial charge in [0.15, 0.2) is 5.96 Å². The zero-order valence-electron chi connectivity index (χ0n) is 17.3. The maximum Gasteiger partial charge on any atom is 0.226 e. The number of methoxy groups -OCH3 is 2. The normalized spacial score (nSPS) is 11.3. The highest BCUT2D eigenvalue weighted by Gasteiger charge is 2.08. The van der Waals surface area contributed by atoms with Gasteiger partial charge in [-0.3, -0.25) is 4.99 Å². The van der Waals surface area contributed by atoms with Crippen LogP contribution in [0, 0.1) is 0 Å². The van der Waals surface area contributed by atoms with Gasteiger partial charge in [-0.2, -0.15) is 4.98 Å². The van der Waals surface area contributed by atoms with Crippen molar-refractivity contribution in [2.75, 3.05) is 26.1 Å². The van der Waals surface area contributed by atoms with Gasteiger partial charge in [0.2, 0.25) is 11.7 Å². The highest BCUT2D eigenvalue weighted by molar-refractivity contribution is 5.92. The first-order valence-corrected chi connectivity index (χ1v) is 9.86. The maximum absolute atomic E-state index is 5.94. The predicted molar refractivity (Wildman–Crippen MR) is 117 cm³/mol. The summed E-state index contributed by atoms with van der Waals surface area (Å²) < 4.78 is 15.7. The number of anilines is 1. The number of nitrogens with two attached hydrogens (primary N) is 1. The number of hydrogen-bond donors (Lipinski definition) is 2. The molecule has 8 heteroatoms. The first-order valence-electron chi connectivity index (χ1n) is 9.86. The fraction of sp³-hybridized carbons (Fsp3) is 0.318. The molecule has 1 aromatic heterocycles. The Kier molecular flexibility index (Phi) is 7.65. The number of guanidine groups is 1. The van der Waals surface area contributed by atoms with Crippen LogP contribution in [0.1, 0.15) is 25.2 Å². The van der Waals surface area contributed by atoms with Crippen molar-refractivity contribution in [1.82, 2.24) is 10.1 Å². The minimum absolute atomic E-state index is 0.393. The summed E-state index contributed by atoms with van der Waals surface area (Å²) >= 11 is 0. The molecule has 0 unspecified atom stereocenters. The molecule has 0 bridgehead atoms. The quantitative estimate of drug-likeness (QED) is 0.297. The van der Waals surface area contributed by atoms with Gasteiger partial charge in [0.05, 0.1) is 14.2 Å². The minimum Gasteiger partial charge on any atom is -0.497 e. The molecule has 0 aliphatic heterocycles. The number of aliphatic imine (C=N–C) groups is 1. The Balaban J connectivity index is 1.37. The van der Waals surface area contributed by atoms with E-state index in [9.17, 15) is 0 Å². The van der Waals surface area contributed by atoms with Gasteiger partial charge in [-0.15, -0.1) is 0 Å². The molecule has 0 atom stereocenters. The van der Waals surface area contributed by atoms with E-state index in [2.05, 4.69) is 20.4 Å². The Morgan fingerprint density at radius 3 is 2.60 bits per heavy atom. The molecular weight excluding hydrogens is 382 g/mol. The standard InChI is InChI=1S/C22H27N5O3/c1-28-18-12-10-16(11-13-18)21-26-20(30-27-21)9-4-3-5-14-24-22(23)25-17-7-6-8-19(15-17)29-2/h6-8,10-13,15H,3-5,9,14H2,1-2H3,(H3,23,24,25). The Bertz CT molecular complexity index is 953. The summed E-state index contributed by atoms with van der Waals surface area (Å²) in [4.78, 5) is 8.81. The summed E-state index contributed by atoms with van der Waals surface area (Å²) in [7, 11) is 3.27. The molecule has 0 saturated heterocycles. The molecule has 2 aromatic carbocycles. The molecule has 158 valence electrons. The second-order valence-corrected chi connectivity index (χ2v) is 6.67. The molecular formula is C22H27N5O3. The fourth-order valence-electron chi connectivity index (χ4n) is 2.87. The van der Waals surface area contributed by atoms with Gasteiger partial charge in [-0.1, -0.05) is 17.6 Å². The number of aryl methyl sites for hydroxylation is 1. The maximum atomic E-state index is 5.94. The fourth-order valence-corrected chi connectivity index (χ4v) is 2.87. The van der Waals surface area contributed by atoms with E-state index in [4.69, 9.17) is 19.7 Å². The van der Waals surface area contributed by atoms with Gasteiger partial charge in [0, 0.05) is 30.3 Å². The number of unbranched alkanes of at least 4 members (excludes halogenated alkanes) is 2. The lowest BCUT2D eigenvalue weighted by molar-refractivity contribution is 0.374. The summed E-state index contributed by atoms with van der Waals surface area (Å²) in [6.07, 6.45) is 3.61. The lowest BCUT2D eigenvalue weighted by Gasteiger charge is -2.07. The van der Waals surface area contributed by atoms with Crippen molar-refractivity contribution in [1.29, 1.82) is 0 Å². The smallest absolute Gasteiger partial charge is 0.226 e. The van der Waals surface area contributed by atoms with Crippen molar-refractivity contribution in [2.24, 2.45) is 10.7 Å². The Morgan fingerprint density at radius 1 is 1.03 bits per heavy atom. The van der Waals surface area contributed by atoms with E-state index in [0.717, 1.165) is 48.4 Å². The number of rotatable bonds is 10. The molecule has 0 saturated carbocycles. The third-order valence-corrected chi connectivity index (χ3v) is 4.49. The number of aromatic nitrogens is 2. The Labute approximate surface area is 176 Å². The SMILES string of the molecule is COc1ccc(-c2noc(CCCCCN=C(N)Nc3cccc(OC)c3)n2)cc1. The molecule has 3 N–H and O–H groups in total. The molecule has 0 radical (unpaired) electrons. The van der Waals surface area contributed by atoms with Crippen molar-refractivity contribution < 1.29 is 14.0 Å². The van der Waals surface area contributed by atoms with E-state index in [1.54, 1.807) is 14.2 Å². The van der Waals surface area contributed by atoms with Gasteiger partial charge in [-0.05, 0) is 49.2 Å². The molecule has 1 heterocycles. The van der Waals surface area contributed by atoms with E-state index < -0.39 is 0 Å². The van der Waals surface area contributed by atoms with Crippen LogP contribution in [0.5, 0.6) is 11.5 Å². The van der Waals surface area contributed by atoms with Crippen molar-refractivity contribution in [3.05, 3.63) is 54.4 Å². The summed E-state index contributed by atoms with van der Waals surface area (Å²) in [5.41, 5.74) is 7.69. The van der Waals surface area contributed by atoms with Crippen molar-refractivity contribution in [3.63, 3.8) is 0 Å². The number of nitrogens with one attached hydrogen (secondary N) is 1. The van der Waals surface area contributed by atoms with Gasteiger partial charge < -0.3 is 25.0 Å². The lowest BCUT2D eigenvalue weighted by Crippen LogP contribution is -2.22. The molecule has 0 spiro atoms. The van der Waals surface area contributed by atoms with E-state index in [0.29, 0.717) is 24.2 Å². The monoisotopic (exact) mass is 409 g/mol. The van der Waals surface area contributed by atoms with Crippen LogP contribution >= 0.6 is 0 Å². The summed E-state index contributed by atoms with van der Waals surface area (Å²) in [5, 5.41) is 7.12. The van der Waals surface area contributed by atoms with Gasteiger partial charge in [0.25, 0.3) is 0 Å². The van der Waals surface area contributed by atoms with Crippen LogP contribution in [-0.4, -0.2) is 36.9 Å². The van der Waals surface area contributed by atoms with Crippen molar-refractivity contribution in [2.45, 2.75) is 25.7 Å². The summed E-state index contributed by atoms with van der Waals surface area (Å²) in [5.74, 6) is 3.19. The molecule has 0 aliphatic carbocycles. The second kappa shape index (κ2) is 10.8. The highest BCUT2D eigenvalue weighted by atomic mass is 16.5. The average Bonchev–Trinajstić information content (AvgIpc) is 3.25. The molecule has 3 rings (SSSR count). The molecule has 30 heavy (non-hydrogen) atoms. The van der Waals surface area contributed by atoms with Crippen LogP contribution in [0.15, 0.2) is 58.0 Å². The largest absolute Gasteiger partial charge is 0.497 e. The number of nitrogens with zero attached hydrogens (tertiary/aromatic N) is 3. The van der Waals surface area contributed by atoms with E-state index >= 15 is 0 Å². The van der Waals surface area contributed by atoms with Crippen LogP contribution < -0.4 is 20.5 Å². The number of hydrogen-bond acceptors (Lipinski definition) is 6. The average molecular weight is 409 g/mol. The third kappa shape index (κ3) is 6.23. The number of benzene rings is 2. The Hall–Kier alpha value is -3.55. The van der Waals surface area contributed by atoms with E-state index in [1.807, 2.05) is 48.5 Å². The first-order chi connectivity index (χ1) is 14.7. The van der Waals surface area contributed by atoms with Gasteiger partial charge >= 0.3 is 0 Å². The van der Waals surface area contributed by atoms with Crippen LogP contribution in [0.25, 0.3) is 11.4 Å². The van der Waals surface area contributed by atoms with Crippen molar-refractivity contribution >= 4 is 11.6 Å². The van der Waals surface area contributed by atoms with Gasteiger partial charge in [-0.25, -0.2) is 0 Å². The van der Waals surface area contributed by atoms with Gasteiger partial charge in [0.1, 0.15) is 11.5 Å². The zero-order chi connectivity index (χ0) is 21.2. The molecule has 0 aliphatic rings. The minimum atomic E-state index is 0.393. The Morgan fingerprint density at radius 2 is 1.83 bits per heavy atom. The van der Waals surface area contributed by atoms with Crippen LogP contribution in [0.3, 0.4) is 0 Å². The zero-order valence-corrected chi connectivity index (χ0v) is 17.3. The lowest BCUT2D eigenvalue weighted by atomic mass is 10.2. The highest BCUT2D eigenvalue weighted by Crippen LogP contribution is 2.20. The molecule has 8 nitrogen and oxygen atoms in total. The molecule has 3 aromatic rings. The topological polar surface area (TPSA) is 108 Å². The van der Waals surface area contributed by atoms with Crippen LogP contribution in [-0.2, 0) is 6.42 Å². The van der Waals surface area contributed by atoms with Crippen LogP contribution in [0.4, 0.5) is 5.69 Å². The number of ether oxygens (including phenoxy) is 2.